The summed E-state index contributed by atoms with van der Waals surface area (Å²) in [6, 6.07) is 4.91. The number of halogens is 1. The molecular formula is C13H15ClN4O2. The number of hydrogen-bond donors (Lipinski definition) is 2. The Bertz CT molecular complexity index is 620. The molecule has 1 aromatic heterocycles. The highest BCUT2D eigenvalue weighted by Gasteiger charge is 2.16. The van der Waals surface area contributed by atoms with E-state index in [1.807, 2.05) is 0 Å². The third-order valence-corrected chi connectivity index (χ3v) is 3.07. The van der Waals surface area contributed by atoms with Gasteiger partial charge in [-0.1, -0.05) is 11.6 Å². The number of nitrogens with two attached hydrogens (primary N) is 2. The fourth-order valence-electron chi connectivity index (χ4n) is 1.88. The number of primary amides is 1. The Labute approximate surface area is 121 Å². The van der Waals surface area contributed by atoms with Gasteiger partial charge in [0.1, 0.15) is 12.4 Å². The molecule has 0 bridgehead atoms. The van der Waals surface area contributed by atoms with Crippen LogP contribution in [0.4, 0.5) is 0 Å². The molecule has 0 aliphatic carbocycles. The van der Waals surface area contributed by atoms with Gasteiger partial charge in [-0.3, -0.25) is 9.48 Å². The lowest BCUT2D eigenvalue weighted by atomic mass is 10.1. The largest absolute Gasteiger partial charge is 0.492 e. The lowest BCUT2D eigenvalue weighted by Crippen LogP contribution is -2.13. The molecule has 0 unspecified atom stereocenters. The van der Waals surface area contributed by atoms with Crippen molar-refractivity contribution in [2.24, 2.45) is 18.5 Å². The second-order valence-corrected chi connectivity index (χ2v) is 4.58. The van der Waals surface area contributed by atoms with E-state index in [-0.39, 0.29) is 0 Å². The Kier molecular flexibility index (Phi) is 4.26. The zero-order valence-corrected chi connectivity index (χ0v) is 11.7. The number of hydrogen-bond acceptors (Lipinski definition) is 4. The third-order valence-electron chi connectivity index (χ3n) is 2.79. The number of ether oxygens (including phenoxy) is 1. The third kappa shape index (κ3) is 2.76. The summed E-state index contributed by atoms with van der Waals surface area (Å²) in [7, 11) is 1.75. The zero-order valence-electron chi connectivity index (χ0n) is 11.0. The fourth-order valence-corrected chi connectivity index (χ4v) is 2.14. The van der Waals surface area contributed by atoms with Crippen molar-refractivity contribution < 1.29 is 9.53 Å². The van der Waals surface area contributed by atoms with Gasteiger partial charge < -0.3 is 16.2 Å². The second kappa shape index (κ2) is 5.94. The predicted molar refractivity (Wildman–Crippen MR) is 76.7 cm³/mol. The van der Waals surface area contributed by atoms with Crippen LogP contribution in [0.15, 0.2) is 24.4 Å². The summed E-state index contributed by atoms with van der Waals surface area (Å²) in [6.45, 7) is 0.745. The van der Waals surface area contributed by atoms with Gasteiger partial charge in [-0.2, -0.15) is 5.10 Å². The average Bonchev–Trinajstić information content (AvgIpc) is 2.75. The maximum atomic E-state index is 11.3. The molecule has 6 nitrogen and oxygen atoms in total. The molecule has 1 aromatic carbocycles. The summed E-state index contributed by atoms with van der Waals surface area (Å²) >= 11 is 6.14. The molecule has 106 valence electrons. The first-order chi connectivity index (χ1) is 9.54. The highest BCUT2D eigenvalue weighted by Crippen LogP contribution is 2.35. The number of benzene rings is 1. The van der Waals surface area contributed by atoms with Gasteiger partial charge in [-0.05, 0) is 18.2 Å². The second-order valence-electron chi connectivity index (χ2n) is 4.18. The lowest BCUT2D eigenvalue weighted by molar-refractivity contribution is 0.100. The molecule has 0 saturated carbocycles. The molecule has 0 aliphatic rings. The molecule has 0 spiro atoms. The summed E-state index contributed by atoms with van der Waals surface area (Å²) in [5.74, 6) is 0.0564. The fraction of sp³-hybridized carbons (Fsp3) is 0.231. The minimum absolute atomic E-state index is 0.360. The van der Waals surface area contributed by atoms with Crippen LogP contribution in [0.25, 0.3) is 11.3 Å². The molecule has 4 N–H and O–H groups in total. The van der Waals surface area contributed by atoms with Crippen LogP contribution in [0.2, 0.25) is 5.02 Å². The van der Waals surface area contributed by atoms with Crippen molar-refractivity contribution in [1.29, 1.82) is 0 Å². The van der Waals surface area contributed by atoms with Gasteiger partial charge in [0.15, 0.2) is 0 Å². The van der Waals surface area contributed by atoms with Crippen molar-refractivity contribution in [3.8, 4) is 17.0 Å². The molecule has 0 radical (unpaired) electrons. The van der Waals surface area contributed by atoms with Crippen molar-refractivity contribution >= 4 is 17.5 Å². The minimum Gasteiger partial charge on any atom is -0.492 e. The highest BCUT2D eigenvalue weighted by molar-refractivity contribution is 6.33. The Morgan fingerprint density at radius 1 is 1.50 bits per heavy atom. The molecule has 1 amide bonds. The van der Waals surface area contributed by atoms with Crippen molar-refractivity contribution in [3.63, 3.8) is 0 Å². The molecular weight excluding hydrogens is 280 g/mol. The number of rotatable bonds is 5. The summed E-state index contributed by atoms with van der Waals surface area (Å²) < 4.78 is 7.19. The summed E-state index contributed by atoms with van der Waals surface area (Å²) in [6.07, 6.45) is 1.53. The summed E-state index contributed by atoms with van der Waals surface area (Å²) in [5, 5.41) is 4.54. The van der Waals surface area contributed by atoms with Crippen LogP contribution in [0, 0.1) is 0 Å². The molecule has 0 fully saturated rings. The summed E-state index contributed by atoms with van der Waals surface area (Å²) in [4.78, 5) is 11.3. The molecule has 2 aromatic rings. The Balaban J connectivity index is 2.57. The predicted octanol–water partition coefficient (Wildman–Crippen LogP) is 1.18. The zero-order chi connectivity index (χ0) is 14.7. The molecule has 7 heteroatoms. The first-order valence-corrected chi connectivity index (χ1v) is 6.37. The van der Waals surface area contributed by atoms with E-state index in [0.717, 1.165) is 0 Å². The van der Waals surface area contributed by atoms with Gasteiger partial charge in [0.25, 0.3) is 0 Å². The first-order valence-electron chi connectivity index (χ1n) is 5.99. The van der Waals surface area contributed by atoms with Crippen molar-refractivity contribution in [3.05, 3.63) is 35.0 Å². The standard InChI is InChI=1S/C13H15ClN4O2/c1-18-12(10(14)7-17-18)9-6-8(13(16)19)2-3-11(9)20-5-4-15/h2-3,6-7H,4-5,15H2,1H3,(H2,16,19). The van der Waals surface area contributed by atoms with Crippen molar-refractivity contribution in [2.45, 2.75) is 0 Å². The molecule has 1 heterocycles. The molecule has 20 heavy (non-hydrogen) atoms. The van der Waals surface area contributed by atoms with Crippen LogP contribution in [-0.2, 0) is 7.05 Å². The normalized spacial score (nSPS) is 10.6. The monoisotopic (exact) mass is 294 g/mol. The van der Waals surface area contributed by atoms with E-state index in [2.05, 4.69) is 5.10 Å². The number of aryl methyl sites for hydroxylation is 1. The number of aromatic nitrogens is 2. The number of carbonyl (C=O) groups is 1. The average molecular weight is 295 g/mol. The first kappa shape index (κ1) is 14.4. The Hall–Kier alpha value is -2.05. The molecule has 0 saturated heterocycles. The maximum absolute atomic E-state index is 11.3. The summed E-state index contributed by atoms with van der Waals surface area (Å²) in [5.41, 5.74) is 12.4. The number of nitrogens with zero attached hydrogens (tertiary/aromatic N) is 2. The molecule has 2 rings (SSSR count). The van der Waals surface area contributed by atoms with Crippen LogP contribution in [0.3, 0.4) is 0 Å². The van der Waals surface area contributed by atoms with E-state index in [1.165, 1.54) is 6.20 Å². The smallest absolute Gasteiger partial charge is 0.248 e. The number of amides is 1. The Morgan fingerprint density at radius 3 is 2.80 bits per heavy atom. The van der Waals surface area contributed by atoms with Crippen LogP contribution in [-0.4, -0.2) is 28.8 Å². The maximum Gasteiger partial charge on any atom is 0.248 e. The van der Waals surface area contributed by atoms with E-state index >= 15 is 0 Å². The van der Waals surface area contributed by atoms with Crippen LogP contribution < -0.4 is 16.2 Å². The topological polar surface area (TPSA) is 96.2 Å². The van der Waals surface area contributed by atoms with E-state index in [9.17, 15) is 4.79 Å². The van der Waals surface area contributed by atoms with E-state index < -0.39 is 5.91 Å². The van der Waals surface area contributed by atoms with Crippen molar-refractivity contribution in [2.75, 3.05) is 13.2 Å². The molecule has 0 aliphatic heterocycles. The lowest BCUT2D eigenvalue weighted by Gasteiger charge is -2.12. The van der Waals surface area contributed by atoms with E-state index in [1.54, 1.807) is 29.9 Å². The van der Waals surface area contributed by atoms with E-state index in [0.29, 0.717) is 40.7 Å². The van der Waals surface area contributed by atoms with Gasteiger partial charge in [0.2, 0.25) is 5.91 Å². The van der Waals surface area contributed by atoms with Crippen LogP contribution in [0.1, 0.15) is 10.4 Å². The van der Waals surface area contributed by atoms with Gasteiger partial charge in [-0.15, -0.1) is 0 Å². The van der Waals surface area contributed by atoms with Gasteiger partial charge in [0, 0.05) is 24.7 Å². The van der Waals surface area contributed by atoms with E-state index in [4.69, 9.17) is 27.8 Å². The van der Waals surface area contributed by atoms with Crippen LogP contribution in [0.5, 0.6) is 5.75 Å². The number of carbonyl (C=O) groups excluding carboxylic acids is 1. The molecule has 0 atom stereocenters. The van der Waals surface area contributed by atoms with Crippen LogP contribution >= 0.6 is 11.6 Å². The van der Waals surface area contributed by atoms with Gasteiger partial charge in [0.05, 0.1) is 16.9 Å². The highest BCUT2D eigenvalue weighted by atomic mass is 35.5. The Morgan fingerprint density at radius 2 is 2.25 bits per heavy atom. The van der Waals surface area contributed by atoms with Gasteiger partial charge >= 0.3 is 0 Å². The van der Waals surface area contributed by atoms with Gasteiger partial charge in [-0.25, -0.2) is 0 Å². The SMILES string of the molecule is Cn1ncc(Cl)c1-c1cc(C(N)=O)ccc1OCCN. The van der Waals surface area contributed by atoms with Crippen molar-refractivity contribution in [1.82, 2.24) is 9.78 Å². The minimum atomic E-state index is -0.519. The quantitative estimate of drug-likeness (QED) is 0.865.